The molecule has 0 aromatic heterocycles. The van der Waals surface area contributed by atoms with E-state index in [4.69, 9.17) is 4.74 Å². The van der Waals surface area contributed by atoms with E-state index in [1.165, 1.54) is 6.92 Å². The van der Waals surface area contributed by atoms with Gasteiger partial charge in [0.25, 0.3) is 5.85 Å². The molecule has 0 bridgehead atoms. The first kappa shape index (κ1) is 12.9. The average molecular weight is 269 g/mol. The number of hydrogen-bond acceptors (Lipinski definition) is 2. The number of hydrogen-bond donors (Lipinski definition) is 0. The molecule has 0 amide bonds. The molecule has 1 aliphatic heterocycles. The molecule has 0 spiro atoms. The minimum Gasteiger partial charge on any atom is -0.440 e. The zero-order valence-electron chi connectivity index (χ0n) is 11.6. The highest BCUT2D eigenvalue weighted by atomic mass is 19.2. The van der Waals surface area contributed by atoms with Crippen molar-refractivity contribution in [2.24, 2.45) is 4.99 Å². The fraction of sp³-hybridized carbons (Fsp3) is 0.235. The Hall–Kier alpha value is -2.16. The van der Waals surface area contributed by atoms with Gasteiger partial charge in [-0.25, -0.2) is 4.99 Å². The largest absolute Gasteiger partial charge is 0.440 e. The molecule has 0 unspecified atom stereocenters. The Balaban J connectivity index is 2.17. The Morgan fingerprint density at radius 2 is 1.85 bits per heavy atom. The molecule has 0 saturated carbocycles. The smallest absolute Gasteiger partial charge is 0.251 e. The maximum absolute atomic E-state index is 14.6. The predicted octanol–water partition coefficient (Wildman–Crippen LogP) is 4.33. The minimum absolute atomic E-state index is 0.198. The van der Waals surface area contributed by atoms with Crippen molar-refractivity contribution in [3.05, 3.63) is 65.2 Å². The number of fused-ring (bicyclic) bond motifs is 1. The number of alkyl halides is 1. The van der Waals surface area contributed by atoms with E-state index < -0.39 is 5.85 Å². The maximum atomic E-state index is 14.6. The third-order valence-corrected chi connectivity index (χ3v) is 3.37. The lowest BCUT2D eigenvalue weighted by Gasteiger charge is -2.20. The summed E-state index contributed by atoms with van der Waals surface area (Å²) in [7, 11) is 0. The number of halogens is 1. The first-order chi connectivity index (χ1) is 9.55. The Labute approximate surface area is 117 Å². The topological polar surface area (TPSA) is 21.6 Å². The van der Waals surface area contributed by atoms with Gasteiger partial charge in [0, 0.05) is 18.9 Å². The molecule has 0 radical (unpaired) electrons. The van der Waals surface area contributed by atoms with Crippen LogP contribution in [-0.4, -0.2) is 11.8 Å². The van der Waals surface area contributed by atoms with Gasteiger partial charge in [0.1, 0.15) is 0 Å². The Morgan fingerprint density at radius 3 is 2.60 bits per heavy atom. The second-order valence-electron chi connectivity index (χ2n) is 5.25. The molecule has 2 aromatic rings. The lowest BCUT2D eigenvalue weighted by molar-refractivity contribution is -0.0528. The van der Waals surface area contributed by atoms with Crippen LogP contribution < -0.4 is 0 Å². The van der Waals surface area contributed by atoms with Gasteiger partial charge in [-0.1, -0.05) is 36.4 Å². The number of nitrogens with zero attached hydrogens (tertiary/aromatic N) is 1. The molecular formula is C17H16FNO. The van der Waals surface area contributed by atoms with Crippen LogP contribution in [0.15, 0.2) is 53.5 Å². The molecule has 0 aliphatic carbocycles. The summed E-state index contributed by atoms with van der Waals surface area (Å²) < 4.78 is 20.1. The molecule has 1 aliphatic rings. The van der Waals surface area contributed by atoms with E-state index in [0.717, 1.165) is 22.4 Å². The summed E-state index contributed by atoms with van der Waals surface area (Å²) in [6.45, 7) is 3.43. The van der Waals surface area contributed by atoms with Crippen molar-refractivity contribution in [3.8, 4) is 0 Å². The lowest BCUT2D eigenvalue weighted by Crippen LogP contribution is -2.28. The van der Waals surface area contributed by atoms with E-state index in [1.54, 1.807) is 0 Å². The zero-order valence-corrected chi connectivity index (χ0v) is 11.6. The van der Waals surface area contributed by atoms with Crippen LogP contribution >= 0.6 is 0 Å². The highest BCUT2D eigenvalue weighted by Crippen LogP contribution is 2.34. The SMILES string of the molecule is Cc1cccc2c1N=C(c1ccccc1)O[C@@](C)(F)C2. The molecule has 0 fully saturated rings. The van der Waals surface area contributed by atoms with E-state index in [9.17, 15) is 4.39 Å². The Bertz CT molecular complexity index is 662. The quantitative estimate of drug-likeness (QED) is 0.755. The van der Waals surface area contributed by atoms with Gasteiger partial charge in [0.05, 0.1) is 5.69 Å². The fourth-order valence-corrected chi connectivity index (χ4v) is 2.43. The molecule has 2 aromatic carbocycles. The third kappa shape index (κ3) is 2.44. The van der Waals surface area contributed by atoms with Crippen LogP contribution in [0.1, 0.15) is 23.6 Å². The maximum Gasteiger partial charge on any atom is 0.251 e. The van der Waals surface area contributed by atoms with Gasteiger partial charge < -0.3 is 4.74 Å². The van der Waals surface area contributed by atoms with Crippen LogP contribution in [0, 0.1) is 6.92 Å². The van der Waals surface area contributed by atoms with Crippen LogP contribution in [0.2, 0.25) is 0 Å². The zero-order chi connectivity index (χ0) is 14.2. The minimum atomic E-state index is -1.76. The first-order valence-electron chi connectivity index (χ1n) is 6.66. The van der Waals surface area contributed by atoms with Crippen molar-refractivity contribution >= 4 is 11.6 Å². The van der Waals surface area contributed by atoms with Crippen molar-refractivity contribution in [1.82, 2.24) is 0 Å². The van der Waals surface area contributed by atoms with Gasteiger partial charge in [-0.05, 0) is 30.2 Å². The summed E-state index contributed by atoms with van der Waals surface area (Å²) in [6, 6.07) is 15.2. The van der Waals surface area contributed by atoms with Crippen molar-refractivity contribution in [3.63, 3.8) is 0 Å². The lowest BCUT2D eigenvalue weighted by atomic mass is 10.0. The second kappa shape index (κ2) is 4.75. The standard InChI is InChI=1S/C17H16FNO/c1-12-7-6-10-14-11-17(2,18)20-16(19-15(12)14)13-8-4-3-5-9-13/h3-10H,11H2,1-2H3/t17-/m1/s1. The molecule has 3 heteroatoms. The predicted molar refractivity (Wildman–Crippen MR) is 78.1 cm³/mol. The molecule has 1 heterocycles. The summed E-state index contributed by atoms with van der Waals surface area (Å²) in [4.78, 5) is 4.56. The van der Waals surface area contributed by atoms with Crippen molar-refractivity contribution in [1.29, 1.82) is 0 Å². The van der Waals surface area contributed by atoms with Crippen LogP contribution in [0.4, 0.5) is 10.1 Å². The van der Waals surface area contributed by atoms with Crippen molar-refractivity contribution in [2.45, 2.75) is 26.1 Å². The number of ether oxygens (including phenoxy) is 1. The highest BCUT2D eigenvalue weighted by Gasteiger charge is 2.32. The Morgan fingerprint density at radius 1 is 1.10 bits per heavy atom. The van der Waals surface area contributed by atoms with Crippen molar-refractivity contribution in [2.75, 3.05) is 0 Å². The third-order valence-electron chi connectivity index (χ3n) is 3.37. The normalized spacial score (nSPS) is 21.4. The number of para-hydroxylation sites is 1. The molecular weight excluding hydrogens is 253 g/mol. The fourth-order valence-electron chi connectivity index (χ4n) is 2.43. The van der Waals surface area contributed by atoms with Crippen LogP contribution in [-0.2, 0) is 11.2 Å². The van der Waals surface area contributed by atoms with Crippen LogP contribution in [0.5, 0.6) is 0 Å². The van der Waals surface area contributed by atoms with Crippen molar-refractivity contribution < 1.29 is 9.13 Å². The van der Waals surface area contributed by atoms with Gasteiger partial charge in [-0.3, -0.25) is 0 Å². The molecule has 0 N–H and O–H groups in total. The molecule has 102 valence electrons. The number of benzene rings is 2. The number of aryl methyl sites for hydroxylation is 1. The second-order valence-corrected chi connectivity index (χ2v) is 5.25. The van der Waals surface area contributed by atoms with E-state index in [0.29, 0.717) is 5.90 Å². The molecule has 20 heavy (non-hydrogen) atoms. The Kier molecular flexibility index (Phi) is 3.05. The van der Waals surface area contributed by atoms with Crippen LogP contribution in [0.3, 0.4) is 0 Å². The molecule has 0 saturated heterocycles. The molecule has 3 rings (SSSR count). The van der Waals surface area contributed by atoms with Crippen LogP contribution in [0.25, 0.3) is 0 Å². The summed E-state index contributed by atoms with van der Waals surface area (Å²) >= 11 is 0. The molecule has 2 nitrogen and oxygen atoms in total. The molecule has 1 atom stereocenters. The summed E-state index contributed by atoms with van der Waals surface area (Å²) in [5, 5.41) is 0. The summed E-state index contributed by atoms with van der Waals surface area (Å²) in [5.41, 5.74) is 3.50. The van der Waals surface area contributed by atoms with E-state index in [1.807, 2.05) is 55.5 Å². The van der Waals surface area contributed by atoms with Gasteiger partial charge in [-0.15, -0.1) is 0 Å². The number of aliphatic imine (C=N–C) groups is 1. The number of rotatable bonds is 1. The van der Waals surface area contributed by atoms with E-state index in [-0.39, 0.29) is 6.42 Å². The first-order valence-corrected chi connectivity index (χ1v) is 6.66. The highest BCUT2D eigenvalue weighted by molar-refractivity contribution is 5.96. The summed E-state index contributed by atoms with van der Waals surface area (Å²) in [5.74, 6) is -1.42. The average Bonchev–Trinajstić information content (AvgIpc) is 2.55. The summed E-state index contributed by atoms with van der Waals surface area (Å²) in [6.07, 6.45) is 0.198. The van der Waals surface area contributed by atoms with E-state index in [2.05, 4.69) is 4.99 Å². The van der Waals surface area contributed by atoms with E-state index >= 15 is 0 Å². The van der Waals surface area contributed by atoms with Gasteiger partial charge in [-0.2, -0.15) is 4.39 Å². The van der Waals surface area contributed by atoms with Gasteiger partial charge in [0.2, 0.25) is 5.90 Å². The van der Waals surface area contributed by atoms with Gasteiger partial charge >= 0.3 is 0 Å². The monoisotopic (exact) mass is 269 g/mol. The van der Waals surface area contributed by atoms with Gasteiger partial charge in [0.15, 0.2) is 0 Å².